The summed E-state index contributed by atoms with van der Waals surface area (Å²) in [7, 11) is 0. The molecule has 2 heterocycles. The fourth-order valence-electron chi connectivity index (χ4n) is 1.71. The van der Waals surface area contributed by atoms with Crippen LogP contribution in [0.4, 0.5) is 0 Å². The fraction of sp³-hybridized carbons (Fsp3) is 0.700. The maximum atomic E-state index is 5.95. The smallest absolute Gasteiger partial charge is 0.0617 e. The Labute approximate surface area is 89.1 Å². The van der Waals surface area contributed by atoms with Gasteiger partial charge in [-0.2, -0.15) is 16.9 Å². The van der Waals surface area contributed by atoms with Crippen LogP contribution in [0.3, 0.4) is 0 Å². The van der Waals surface area contributed by atoms with Crippen molar-refractivity contribution in [1.29, 1.82) is 0 Å². The molecule has 1 saturated heterocycles. The van der Waals surface area contributed by atoms with Gasteiger partial charge in [0.25, 0.3) is 0 Å². The summed E-state index contributed by atoms with van der Waals surface area (Å²) in [6, 6.07) is 0.746. The summed E-state index contributed by atoms with van der Waals surface area (Å²) in [6.07, 6.45) is 6.25. The Hall–Kier alpha value is -0.480. The van der Waals surface area contributed by atoms with E-state index < -0.39 is 0 Å². The molecule has 2 N–H and O–H groups in total. The van der Waals surface area contributed by atoms with Crippen LogP contribution in [0.2, 0.25) is 0 Å². The van der Waals surface area contributed by atoms with Crippen LogP contribution >= 0.6 is 11.8 Å². The molecule has 78 valence electrons. The average Bonchev–Trinajstić information content (AvgIpc) is 2.86. The van der Waals surface area contributed by atoms with Crippen LogP contribution in [0, 0.1) is 0 Å². The number of hydrogen-bond acceptors (Lipinski definition) is 3. The Bertz CT molecular complexity index is 291. The standard InChI is InChI=1S/C10H17N3S/c1-2-10(11)8-5-12-13(6-8)9-3-4-14-7-9/h5-6,9-10H,2-4,7,11H2,1H3. The lowest BCUT2D eigenvalue weighted by atomic mass is 10.1. The van der Waals surface area contributed by atoms with Gasteiger partial charge in [-0.3, -0.25) is 4.68 Å². The molecule has 0 amide bonds. The van der Waals surface area contributed by atoms with Gasteiger partial charge in [0.05, 0.1) is 12.2 Å². The van der Waals surface area contributed by atoms with Gasteiger partial charge in [-0.1, -0.05) is 6.92 Å². The Morgan fingerprint density at radius 1 is 1.79 bits per heavy atom. The molecule has 4 heteroatoms. The molecular formula is C10H17N3S. The summed E-state index contributed by atoms with van der Waals surface area (Å²) in [6.45, 7) is 2.10. The van der Waals surface area contributed by atoms with Gasteiger partial charge < -0.3 is 5.73 Å². The van der Waals surface area contributed by atoms with E-state index in [9.17, 15) is 0 Å². The lowest BCUT2D eigenvalue weighted by molar-refractivity contribution is 0.501. The minimum absolute atomic E-state index is 0.151. The van der Waals surface area contributed by atoms with Crippen LogP contribution in [0.15, 0.2) is 12.4 Å². The highest BCUT2D eigenvalue weighted by atomic mass is 32.2. The maximum Gasteiger partial charge on any atom is 0.0617 e. The molecule has 1 aliphatic heterocycles. The van der Waals surface area contributed by atoms with Gasteiger partial charge in [0.15, 0.2) is 0 Å². The van der Waals surface area contributed by atoms with E-state index in [0.717, 1.165) is 6.42 Å². The Kier molecular flexibility index (Phi) is 3.13. The van der Waals surface area contributed by atoms with Gasteiger partial charge in [0, 0.05) is 23.6 Å². The van der Waals surface area contributed by atoms with E-state index >= 15 is 0 Å². The molecule has 0 saturated carbocycles. The van der Waals surface area contributed by atoms with Crippen LogP contribution in [0.1, 0.15) is 37.4 Å². The van der Waals surface area contributed by atoms with Crippen molar-refractivity contribution in [2.24, 2.45) is 5.73 Å². The van der Waals surface area contributed by atoms with Gasteiger partial charge in [-0.15, -0.1) is 0 Å². The van der Waals surface area contributed by atoms with Gasteiger partial charge >= 0.3 is 0 Å². The predicted molar refractivity (Wildman–Crippen MR) is 60.4 cm³/mol. The molecule has 2 unspecified atom stereocenters. The van der Waals surface area contributed by atoms with Crippen molar-refractivity contribution in [3.8, 4) is 0 Å². The van der Waals surface area contributed by atoms with Gasteiger partial charge in [0.1, 0.15) is 0 Å². The highest BCUT2D eigenvalue weighted by Crippen LogP contribution is 2.27. The van der Waals surface area contributed by atoms with Gasteiger partial charge in [0.2, 0.25) is 0 Å². The van der Waals surface area contributed by atoms with Crippen molar-refractivity contribution in [2.75, 3.05) is 11.5 Å². The first kappa shape index (κ1) is 10.1. The number of hydrogen-bond donors (Lipinski definition) is 1. The van der Waals surface area contributed by atoms with Crippen molar-refractivity contribution in [2.45, 2.75) is 31.8 Å². The third-order valence-corrected chi connectivity index (χ3v) is 3.91. The van der Waals surface area contributed by atoms with Crippen molar-refractivity contribution in [1.82, 2.24) is 9.78 Å². The van der Waals surface area contributed by atoms with E-state index in [4.69, 9.17) is 5.73 Å². The summed E-state index contributed by atoms with van der Waals surface area (Å²) in [5.41, 5.74) is 7.12. The van der Waals surface area contributed by atoms with E-state index in [-0.39, 0.29) is 6.04 Å². The van der Waals surface area contributed by atoms with Crippen LogP contribution in [0.5, 0.6) is 0 Å². The fourth-order valence-corrected chi connectivity index (χ4v) is 2.91. The molecule has 2 atom stereocenters. The second-order valence-electron chi connectivity index (χ2n) is 3.79. The first-order chi connectivity index (χ1) is 6.81. The van der Waals surface area contributed by atoms with Crippen LogP contribution < -0.4 is 5.73 Å². The van der Waals surface area contributed by atoms with Crippen LogP contribution in [-0.2, 0) is 0 Å². The molecule has 0 aromatic carbocycles. The first-order valence-corrected chi connectivity index (χ1v) is 6.34. The zero-order valence-electron chi connectivity index (χ0n) is 8.52. The summed E-state index contributed by atoms with van der Waals surface area (Å²) in [5.74, 6) is 2.46. The molecule has 3 nitrogen and oxygen atoms in total. The third-order valence-electron chi connectivity index (χ3n) is 2.77. The molecule has 1 aromatic heterocycles. The quantitative estimate of drug-likeness (QED) is 0.831. The number of rotatable bonds is 3. The van der Waals surface area contributed by atoms with Gasteiger partial charge in [-0.05, 0) is 18.6 Å². The van der Waals surface area contributed by atoms with E-state index in [1.807, 2.05) is 18.0 Å². The second-order valence-corrected chi connectivity index (χ2v) is 4.94. The normalized spacial score (nSPS) is 24.0. The molecule has 1 aliphatic rings. The Morgan fingerprint density at radius 3 is 3.29 bits per heavy atom. The van der Waals surface area contributed by atoms with Crippen molar-refractivity contribution in [3.05, 3.63) is 18.0 Å². The molecule has 0 radical (unpaired) electrons. The zero-order valence-corrected chi connectivity index (χ0v) is 9.33. The summed E-state index contributed by atoms with van der Waals surface area (Å²) in [5, 5.41) is 4.39. The molecule has 14 heavy (non-hydrogen) atoms. The number of nitrogens with zero attached hydrogens (tertiary/aromatic N) is 2. The first-order valence-electron chi connectivity index (χ1n) is 5.18. The number of aromatic nitrogens is 2. The highest BCUT2D eigenvalue weighted by Gasteiger charge is 2.18. The monoisotopic (exact) mass is 211 g/mol. The zero-order chi connectivity index (χ0) is 9.97. The largest absolute Gasteiger partial charge is 0.324 e. The topological polar surface area (TPSA) is 43.8 Å². The predicted octanol–water partition coefficient (Wildman–Crippen LogP) is 1.97. The van der Waals surface area contributed by atoms with E-state index in [1.54, 1.807) is 0 Å². The molecule has 0 bridgehead atoms. The molecule has 1 aromatic rings. The third kappa shape index (κ3) is 1.96. The number of thioether (sulfide) groups is 1. The number of nitrogens with two attached hydrogens (primary N) is 1. The molecular weight excluding hydrogens is 194 g/mol. The molecule has 1 fully saturated rings. The summed E-state index contributed by atoms with van der Waals surface area (Å²) in [4.78, 5) is 0. The Morgan fingerprint density at radius 2 is 2.64 bits per heavy atom. The lowest BCUT2D eigenvalue weighted by Gasteiger charge is -2.08. The second kappa shape index (κ2) is 4.36. The highest BCUT2D eigenvalue weighted by molar-refractivity contribution is 7.99. The lowest BCUT2D eigenvalue weighted by Crippen LogP contribution is -2.09. The minimum atomic E-state index is 0.151. The van der Waals surface area contributed by atoms with Crippen molar-refractivity contribution < 1.29 is 0 Å². The molecule has 2 rings (SSSR count). The minimum Gasteiger partial charge on any atom is -0.324 e. The van der Waals surface area contributed by atoms with Crippen LogP contribution in [0.25, 0.3) is 0 Å². The molecule has 0 spiro atoms. The average molecular weight is 211 g/mol. The summed E-state index contributed by atoms with van der Waals surface area (Å²) < 4.78 is 2.09. The van der Waals surface area contributed by atoms with Crippen LogP contribution in [-0.4, -0.2) is 21.3 Å². The van der Waals surface area contributed by atoms with E-state index in [2.05, 4.69) is 22.9 Å². The van der Waals surface area contributed by atoms with E-state index in [0.29, 0.717) is 6.04 Å². The Balaban J connectivity index is 2.08. The molecule has 0 aliphatic carbocycles. The maximum absolute atomic E-state index is 5.95. The van der Waals surface area contributed by atoms with Crippen molar-refractivity contribution >= 4 is 11.8 Å². The van der Waals surface area contributed by atoms with E-state index in [1.165, 1.54) is 23.5 Å². The van der Waals surface area contributed by atoms with Crippen molar-refractivity contribution in [3.63, 3.8) is 0 Å². The summed E-state index contributed by atoms with van der Waals surface area (Å²) >= 11 is 2.01. The SMILES string of the molecule is CCC(N)c1cnn(C2CCSC2)c1. The van der Waals surface area contributed by atoms with Gasteiger partial charge in [-0.25, -0.2) is 0 Å².